The SMILES string of the molecule is CC(C)N1C(=O)/C(=C\c2ccc(-c3cccc([N+](=O)[O-])c3)o2)SC1=Nc1ccccc1. The monoisotopic (exact) mass is 433 g/mol. The van der Waals surface area contributed by atoms with Gasteiger partial charge in [-0.25, -0.2) is 4.99 Å². The molecule has 4 rings (SSSR count). The predicted octanol–water partition coefficient (Wildman–Crippen LogP) is 5.87. The van der Waals surface area contributed by atoms with Crippen molar-refractivity contribution in [3.63, 3.8) is 0 Å². The van der Waals surface area contributed by atoms with E-state index in [0.717, 1.165) is 5.69 Å². The lowest BCUT2D eigenvalue weighted by Crippen LogP contribution is -2.35. The first-order valence-electron chi connectivity index (χ1n) is 9.64. The van der Waals surface area contributed by atoms with Gasteiger partial charge >= 0.3 is 0 Å². The van der Waals surface area contributed by atoms with Crippen LogP contribution in [0.25, 0.3) is 17.4 Å². The minimum atomic E-state index is -0.447. The Bertz CT molecular complexity index is 1200. The molecule has 0 atom stereocenters. The number of rotatable bonds is 5. The van der Waals surface area contributed by atoms with Gasteiger partial charge in [0.05, 0.1) is 15.5 Å². The Hall–Kier alpha value is -3.65. The van der Waals surface area contributed by atoms with Crippen LogP contribution in [0.2, 0.25) is 0 Å². The van der Waals surface area contributed by atoms with Crippen LogP contribution in [-0.4, -0.2) is 26.9 Å². The highest BCUT2D eigenvalue weighted by Crippen LogP contribution is 2.36. The van der Waals surface area contributed by atoms with Crippen molar-refractivity contribution in [2.45, 2.75) is 19.9 Å². The Kier molecular flexibility index (Phi) is 5.73. The van der Waals surface area contributed by atoms with Crippen LogP contribution < -0.4 is 0 Å². The molecule has 8 heteroatoms. The van der Waals surface area contributed by atoms with Crippen molar-refractivity contribution in [3.05, 3.63) is 87.5 Å². The Morgan fingerprint density at radius 3 is 2.58 bits per heavy atom. The second kappa shape index (κ2) is 8.61. The largest absolute Gasteiger partial charge is 0.457 e. The van der Waals surface area contributed by atoms with Crippen LogP contribution in [0.5, 0.6) is 0 Å². The summed E-state index contributed by atoms with van der Waals surface area (Å²) in [5.74, 6) is 0.842. The average molecular weight is 433 g/mol. The first-order chi connectivity index (χ1) is 14.9. The number of furan rings is 1. The van der Waals surface area contributed by atoms with Crippen LogP contribution in [0.1, 0.15) is 19.6 Å². The van der Waals surface area contributed by atoms with Crippen molar-refractivity contribution < 1.29 is 14.1 Å². The number of para-hydroxylation sites is 1. The second-order valence-corrected chi connectivity index (χ2v) is 8.13. The molecule has 0 aliphatic carbocycles. The highest BCUT2D eigenvalue weighted by Gasteiger charge is 2.35. The quantitative estimate of drug-likeness (QED) is 0.285. The van der Waals surface area contributed by atoms with Crippen molar-refractivity contribution in [1.82, 2.24) is 4.90 Å². The maximum atomic E-state index is 13.0. The summed E-state index contributed by atoms with van der Waals surface area (Å²) in [6, 6.07) is 19.1. The molecule has 1 aromatic heterocycles. The Balaban J connectivity index is 1.63. The molecule has 0 N–H and O–H groups in total. The number of carbonyl (C=O) groups excluding carboxylic acids is 1. The van der Waals surface area contributed by atoms with Gasteiger partial charge in [0.15, 0.2) is 5.17 Å². The normalized spacial score (nSPS) is 16.6. The summed E-state index contributed by atoms with van der Waals surface area (Å²) in [6.45, 7) is 3.88. The molecule has 2 heterocycles. The molecule has 1 aliphatic heterocycles. The van der Waals surface area contributed by atoms with E-state index in [4.69, 9.17) is 4.42 Å². The van der Waals surface area contributed by atoms with Crippen molar-refractivity contribution in [2.75, 3.05) is 0 Å². The molecule has 31 heavy (non-hydrogen) atoms. The Labute approximate surface area is 183 Å². The molecule has 0 bridgehead atoms. The van der Waals surface area contributed by atoms with Gasteiger partial charge in [-0.2, -0.15) is 0 Å². The van der Waals surface area contributed by atoms with Gasteiger partial charge in [0.25, 0.3) is 11.6 Å². The van der Waals surface area contributed by atoms with Crippen LogP contribution in [0, 0.1) is 10.1 Å². The molecule has 0 radical (unpaired) electrons. The van der Waals surface area contributed by atoms with Gasteiger partial charge in [0.1, 0.15) is 11.5 Å². The molecule has 1 fully saturated rings. The molecule has 3 aromatic rings. The lowest BCUT2D eigenvalue weighted by atomic mass is 10.1. The number of amidine groups is 1. The molecule has 1 aliphatic rings. The van der Waals surface area contributed by atoms with Crippen molar-refractivity contribution >= 4 is 40.3 Å². The molecule has 0 unspecified atom stereocenters. The summed E-state index contributed by atoms with van der Waals surface area (Å²) in [5, 5.41) is 11.6. The van der Waals surface area contributed by atoms with E-state index in [0.29, 0.717) is 27.2 Å². The van der Waals surface area contributed by atoms with Crippen LogP contribution >= 0.6 is 11.8 Å². The number of carbonyl (C=O) groups is 1. The molecule has 0 spiro atoms. The Morgan fingerprint density at radius 2 is 1.87 bits per heavy atom. The highest BCUT2D eigenvalue weighted by molar-refractivity contribution is 8.18. The summed E-state index contributed by atoms with van der Waals surface area (Å²) in [5.41, 5.74) is 1.36. The van der Waals surface area contributed by atoms with Gasteiger partial charge < -0.3 is 4.42 Å². The van der Waals surface area contributed by atoms with Crippen LogP contribution in [0.15, 0.2) is 81.0 Å². The van der Waals surface area contributed by atoms with Gasteiger partial charge in [-0.05, 0) is 49.9 Å². The number of hydrogen-bond acceptors (Lipinski definition) is 6. The zero-order chi connectivity index (χ0) is 22.0. The molecular formula is C23H19N3O4S. The first kappa shape index (κ1) is 20.6. The van der Waals surface area contributed by atoms with E-state index < -0.39 is 4.92 Å². The third-order valence-corrected chi connectivity index (χ3v) is 5.56. The van der Waals surface area contributed by atoms with E-state index >= 15 is 0 Å². The van der Waals surface area contributed by atoms with Crippen LogP contribution in [0.3, 0.4) is 0 Å². The summed E-state index contributed by atoms with van der Waals surface area (Å²) in [6.07, 6.45) is 1.68. The molecule has 156 valence electrons. The van der Waals surface area contributed by atoms with E-state index in [-0.39, 0.29) is 17.6 Å². The van der Waals surface area contributed by atoms with E-state index in [2.05, 4.69) is 4.99 Å². The number of hydrogen-bond donors (Lipinski definition) is 0. The number of nitro groups is 1. The van der Waals surface area contributed by atoms with Crippen LogP contribution in [0.4, 0.5) is 11.4 Å². The van der Waals surface area contributed by atoms with E-state index in [1.807, 2.05) is 44.2 Å². The molecular weight excluding hydrogens is 414 g/mol. The minimum Gasteiger partial charge on any atom is -0.457 e. The molecule has 1 saturated heterocycles. The zero-order valence-corrected chi connectivity index (χ0v) is 17.7. The fourth-order valence-corrected chi connectivity index (χ4v) is 4.22. The lowest BCUT2D eigenvalue weighted by Gasteiger charge is -2.19. The summed E-state index contributed by atoms with van der Waals surface area (Å²) < 4.78 is 5.84. The maximum Gasteiger partial charge on any atom is 0.270 e. The van der Waals surface area contributed by atoms with Crippen molar-refractivity contribution in [3.8, 4) is 11.3 Å². The number of thioether (sulfide) groups is 1. The number of nitro benzene ring substituents is 1. The fourth-order valence-electron chi connectivity index (χ4n) is 3.12. The van der Waals surface area contributed by atoms with Gasteiger partial charge in [0.2, 0.25) is 0 Å². The molecule has 0 saturated carbocycles. The third kappa shape index (κ3) is 4.44. The number of nitrogens with zero attached hydrogens (tertiary/aromatic N) is 3. The topological polar surface area (TPSA) is 89.0 Å². The smallest absolute Gasteiger partial charge is 0.270 e. The number of non-ortho nitro benzene ring substituents is 1. The number of benzene rings is 2. The van der Waals surface area contributed by atoms with Gasteiger partial charge in [0, 0.05) is 29.8 Å². The predicted molar refractivity (Wildman–Crippen MR) is 122 cm³/mol. The van der Waals surface area contributed by atoms with Crippen molar-refractivity contribution in [2.24, 2.45) is 4.99 Å². The third-order valence-electron chi connectivity index (χ3n) is 4.58. The molecule has 2 aromatic carbocycles. The summed E-state index contributed by atoms with van der Waals surface area (Å²) >= 11 is 1.29. The lowest BCUT2D eigenvalue weighted by molar-refractivity contribution is -0.384. The van der Waals surface area contributed by atoms with Gasteiger partial charge in [-0.3, -0.25) is 19.8 Å². The zero-order valence-electron chi connectivity index (χ0n) is 16.9. The Morgan fingerprint density at radius 1 is 1.10 bits per heavy atom. The minimum absolute atomic E-state index is 0.00956. The van der Waals surface area contributed by atoms with E-state index in [1.54, 1.807) is 35.2 Å². The number of aliphatic imine (C=N–C) groups is 1. The highest BCUT2D eigenvalue weighted by atomic mass is 32.2. The molecule has 1 amide bonds. The number of amides is 1. The van der Waals surface area contributed by atoms with E-state index in [1.165, 1.54) is 23.9 Å². The maximum absolute atomic E-state index is 13.0. The average Bonchev–Trinajstić information content (AvgIpc) is 3.34. The fraction of sp³-hybridized carbons (Fsp3) is 0.130. The summed E-state index contributed by atoms with van der Waals surface area (Å²) in [7, 11) is 0. The van der Waals surface area contributed by atoms with Crippen molar-refractivity contribution in [1.29, 1.82) is 0 Å². The van der Waals surface area contributed by atoms with Gasteiger partial charge in [-0.15, -0.1) is 0 Å². The second-order valence-electron chi connectivity index (χ2n) is 7.12. The summed E-state index contributed by atoms with van der Waals surface area (Å²) in [4.78, 5) is 30.3. The first-order valence-corrected chi connectivity index (χ1v) is 10.5. The molecule has 7 nitrogen and oxygen atoms in total. The van der Waals surface area contributed by atoms with E-state index in [9.17, 15) is 14.9 Å². The standard InChI is InChI=1S/C23H19N3O4S/c1-15(2)25-22(27)21(31-23(25)24-17-8-4-3-5-9-17)14-19-11-12-20(30-19)16-7-6-10-18(13-16)26(28)29/h3-15H,1-2H3/b21-14+,24-23?. The van der Waals surface area contributed by atoms with Gasteiger partial charge in [-0.1, -0.05) is 30.3 Å². The van der Waals surface area contributed by atoms with Crippen LogP contribution in [-0.2, 0) is 4.79 Å².